The lowest BCUT2D eigenvalue weighted by Crippen LogP contribution is -2.36. The van der Waals surface area contributed by atoms with Gasteiger partial charge in [-0.15, -0.1) is 0 Å². The van der Waals surface area contributed by atoms with Crippen LogP contribution < -0.4 is 5.32 Å². The maximum Gasteiger partial charge on any atom is 0.303 e. The minimum absolute atomic E-state index is 0.108. The highest BCUT2D eigenvalue weighted by Crippen LogP contribution is 1.87. The Morgan fingerprint density at radius 1 is 1.33 bits per heavy atom. The van der Waals surface area contributed by atoms with Crippen LogP contribution in [0, 0.1) is 0 Å². The van der Waals surface area contributed by atoms with Gasteiger partial charge in [-0.3, -0.25) is 4.79 Å². The summed E-state index contributed by atoms with van der Waals surface area (Å²) in [4.78, 5) is 10.1. The Labute approximate surface area is 71.0 Å². The molecule has 0 spiro atoms. The van der Waals surface area contributed by atoms with Gasteiger partial charge < -0.3 is 20.6 Å². The fourth-order valence-electron chi connectivity index (χ4n) is 0.733. The molecule has 4 N–H and O–H groups in total. The van der Waals surface area contributed by atoms with Gasteiger partial charge in [-0.05, 0) is 13.0 Å². The Bertz CT molecular complexity index is 125. The first-order valence-corrected chi connectivity index (χ1v) is 3.87. The molecule has 0 rings (SSSR count). The first-order valence-electron chi connectivity index (χ1n) is 3.87. The Morgan fingerprint density at radius 2 is 1.92 bits per heavy atom. The van der Waals surface area contributed by atoms with Crippen molar-refractivity contribution in [1.29, 1.82) is 0 Å². The summed E-state index contributed by atoms with van der Waals surface area (Å²) >= 11 is 0. The molecule has 72 valence electrons. The topological polar surface area (TPSA) is 89.8 Å². The molecule has 0 heterocycles. The molecule has 12 heavy (non-hydrogen) atoms. The van der Waals surface area contributed by atoms with E-state index in [9.17, 15) is 4.79 Å². The molecule has 0 aliphatic carbocycles. The van der Waals surface area contributed by atoms with Gasteiger partial charge in [0.2, 0.25) is 0 Å². The number of carboxylic acids is 1. The van der Waals surface area contributed by atoms with Crippen LogP contribution >= 0.6 is 0 Å². The maximum absolute atomic E-state index is 10.1. The molecular formula is C7H15NO4. The smallest absolute Gasteiger partial charge is 0.303 e. The van der Waals surface area contributed by atoms with E-state index in [4.69, 9.17) is 15.3 Å². The lowest BCUT2D eigenvalue weighted by molar-refractivity contribution is -0.137. The third-order valence-corrected chi connectivity index (χ3v) is 1.44. The van der Waals surface area contributed by atoms with Gasteiger partial charge in [-0.2, -0.15) is 0 Å². The summed E-state index contributed by atoms with van der Waals surface area (Å²) in [5.41, 5.74) is 0. The van der Waals surface area contributed by atoms with E-state index in [1.165, 1.54) is 0 Å². The van der Waals surface area contributed by atoms with Gasteiger partial charge in [0.15, 0.2) is 0 Å². The summed E-state index contributed by atoms with van der Waals surface area (Å²) in [5.74, 6) is -0.832. The van der Waals surface area contributed by atoms with Crippen molar-refractivity contribution >= 4 is 5.97 Å². The highest BCUT2D eigenvalue weighted by atomic mass is 16.4. The highest BCUT2D eigenvalue weighted by molar-refractivity contribution is 5.66. The Morgan fingerprint density at radius 3 is 2.33 bits per heavy atom. The van der Waals surface area contributed by atoms with Crippen molar-refractivity contribution in [3.8, 4) is 0 Å². The largest absolute Gasteiger partial charge is 0.481 e. The highest BCUT2D eigenvalue weighted by Gasteiger charge is 2.03. The second kappa shape index (κ2) is 7.02. The van der Waals surface area contributed by atoms with Gasteiger partial charge >= 0.3 is 5.97 Å². The fraction of sp³-hybridized carbons (Fsp3) is 0.857. The van der Waals surface area contributed by atoms with Crippen molar-refractivity contribution in [2.75, 3.05) is 19.8 Å². The molecule has 0 aromatic carbocycles. The van der Waals surface area contributed by atoms with Gasteiger partial charge in [0.25, 0.3) is 0 Å². The third kappa shape index (κ3) is 6.09. The minimum atomic E-state index is -0.832. The summed E-state index contributed by atoms with van der Waals surface area (Å²) in [6, 6.07) is -0.334. The molecule has 0 aliphatic rings. The molecule has 0 aliphatic heterocycles. The average Bonchev–Trinajstić information content (AvgIpc) is 2.04. The number of nitrogens with one attached hydrogen (secondary N) is 1. The van der Waals surface area contributed by atoms with E-state index in [1.54, 1.807) is 0 Å². The van der Waals surface area contributed by atoms with Crippen LogP contribution in [0.15, 0.2) is 0 Å². The molecule has 0 unspecified atom stereocenters. The van der Waals surface area contributed by atoms with Crippen LogP contribution in [0.4, 0.5) is 0 Å². The standard InChI is InChI=1S/C7H15NO4/c9-4-6(5-10)8-3-1-2-7(11)12/h6,8-10H,1-5H2,(H,11,12). The molecule has 0 aromatic heterocycles. The zero-order valence-electron chi connectivity index (χ0n) is 6.86. The Kier molecular flexibility index (Phi) is 6.64. The van der Waals surface area contributed by atoms with E-state index in [0.717, 1.165) is 0 Å². The van der Waals surface area contributed by atoms with Gasteiger partial charge in [0.05, 0.1) is 19.3 Å². The first kappa shape index (κ1) is 11.4. The summed E-state index contributed by atoms with van der Waals surface area (Å²) < 4.78 is 0. The fourth-order valence-corrected chi connectivity index (χ4v) is 0.733. The van der Waals surface area contributed by atoms with Gasteiger partial charge in [-0.25, -0.2) is 0 Å². The van der Waals surface area contributed by atoms with E-state index >= 15 is 0 Å². The number of aliphatic hydroxyl groups excluding tert-OH is 2. The lowest BCUT2D eigenvalue weighted by atomic mass is 10.3. The minimum Gasteiger partial charge on any atom is -0.481 e. The molecular weight excluding hydrogens is 162 g/mol. The van der Waals surface area contributed by atoms with Crippen molar-refractivity contribution in [1.82, 2.24) is 5.32 Å². The van der Waals surface area contributed by atoms with Crippen LogP contribution in [-0.4, -0.2) is 47.1 Å². The van der Waals surface area contributed by atoms with E-state index in [-0.39, 0.29) is 25.7 Å². The predicted octanol–water partition coefficient (Wildman–Crippen LogP) is -1.21. The average molecular weight is 177 g/mol. The first-order chi connectivity index (χ1) is 5.70. The second-order valence-electron chi connectivity index (χ2n) is 2.51. The zero-order valence-corrected chi connectivity index (χ0v) is 6.86. The molecule has 5 heteroatoms. The summed E-state index contributed by atoms with van der Waals surface area (Å²) in [6.45, 7) is 0.227. The Hall–Kier alpha value is -0.650. The predicted molar refractivity (Wildman–Crippen MR) is 42.8 cm³/mol. The number of carbonyl (C=O) groups is 1. The van der Waals surface area contributed by atoms with Crippen LogP contribution in [0.1, 0.15) is 12.8 Å². The molecule has 0 saturated carbocycles. The molecule has 0 radical (unpaired) electrons. The van der Waals surface area contributed by atoms with Gasteiger partial charge in [-0.1, -0.05) is 0 Å². The molecule has 0 amide bonds. The van der Waals surface area contributed by atoms with Crippen molar-refractivity contribution in [2.45, 2.75) is 18.9 Å². The van der Waals surface area contributed by atoms with Gasteiger partial charge in [0, 0.05) is 6.42 Å². The molecule has 0 saturated heterocycles. The number of carboxylic acid groups (broad SMARTS) is 1. The van der Waals surface area contributed by atoms with Crippen LogP contribution in [0.5, 0.6) is 0 Å². The van der Waals surface area contributed by atoms with Crippen molar-refractivity contribution < 1.29 is 20.1 Å². The number of rotatable bonds is 7. The Balaban J connectivity index is 3.23. The van der Waals surface area contributed by atoms with Crippen LogP contribution in [0.2, 0.25) is 0 Å². The molecule has 0 bridgehead atoms. The van der Waals surface area contributed by atoms with E-state index in [0.29, 0.717) is 13.0 Å². The number of hydrogen-bond donors (Lipinski definition) is 4. The summed E-state index contributed by atoms with van der Waals surface area (Å²) in [5, 5.41) is 28.3. The molecule has 0 aromatic rings. The maximum atomic E-state index is 10.1. The number of aliphatic carboxylic acids is 1. The second-order valence-corrected chi connectivity index (χ2v) is 2.51. The molecule has 0 atom stereocenters. The van der Waals surface area contributed by atoms with Crippen molar-refractivity contribution in [3.05, 3.63) is 0 Å². The number of aliphatic hydroxyl groups is 2. The van der Waals surface area contributed by atoms with Crippen LogP contribution in [0.25, 0.3) is 0 Å². The number of hydrogen-bond acceptors (Lipinski definition) is 4. The quantitative estimate of drug-likeness (QED) is 0.366. The lowest BCUT2D eigenvalue weighted by Gasteiger charge is -2.11. The van der Waals surface area contributed by atoms with E-state index in [2.05, 4.69) is 5.32 Å². The van der Waals surface area contributed by atoms with E-state index < -0.39 is 5.97 Å². The molecule has 5 nitrogen and oxygen atoms in total. The van der Waals surface area contributed by atoms with Crippen molar-refractivity contribution in [3.63, 3.8) is 0 Å². The SMILES string of the molecule is O=C(O)CCCNC(CO)CO. The normalized spacial score (nSPS) is 10.6. The summed E-state index contributed by atoms with van der Waals surface area (Å²) in [6.07, 6.45) is 0.614. The van der Waals surface area contributed by atoms with E-state index in [1.807, 2.05) is 0 Å². The molecule has 0 fully saturated rings. The zero-order chi connectivity index (χ0) is 9.40. The summed E-state index contributed by atoms with van der Waals surface area (Å²) in [7, 11) is 0. The van der Waals surface area contributed by atoms with Gasteiger partial charge in [0.1, 0.15) is 0 Å². The third-order valence-electron chi connectivity index (χ3n) is 1.44. The monoisotopic (exact) mass is 177 g/mol. The van der Waals surface area contributed by atoms with Crippen molar-refractivity contribution in [2.24, 2.45) is 0 Å². The van der Waals surface area contributed by atoms with Crippen LogP contribution in [-0.2, 0) is 4.79 Å². The van der Waals surface area contributed by atoms with Crippen LogP contribution in [0.3, 0.4) is 0 Å².